The molecular formula is C31H28F3N9S. The van der Waals surface area contributed by atoms with Gasteiger partial charge in [-0.3, -0.25) is 4.98 Å². The highest BCUT2D eigenvalue weighted by Gasteiger charge is 2.66. The fourth-order valence-electron chi connectivity index (χ4n) is 5.27. The van der Waals surface area contributed by atoms with E-state index in [4.69, 9.17) is 0 Å². The molecule has 224 valence electrons. The molecule has 0 spiro atoms. The molecule has 0 amide bonds. The van der Waals surface area contributed by atoms with Gasteiger partial charge in [-0.1, -0.05) is 38.1 Å². The molecule has 1 fully saturated rings. The molecule has 1 aliphatic rings. The van der Waals surface area contributed by atoms with Crippen molar-refractivity contribution in [3.8, 4) is 12.1 Å². The van der Waals surface area contributed by atoms with Gasteiger partial charge in [-0.15, -0.1) is 16.4 Å². The molecule has 0 unspecified atom stereocenters. The summed E-state index contributed by atoms with van der Waals surface area (Å²) in [6.45, 7) is 8.63. The standard InChI is InChI=1S/C31H28F3N9S/c1-17-39-23-7-5-6-21(28(23)44-17)27(24-15-43(42-41-24)30(8-9-30)31(32,33)34)40-20-10-18(12-35)25-22(11-20)26(19(13-36)14-37-25)38-16-29(2,3)4/h5-7,10-11,14-15,27,40H,8-9,16H2,1-4H3,(H,37,38)/t27-/m0/s1. The van der Waals surface area contributed by atoms with Crippen molar-refractivity contribution in [3.63, 3.8) is 0 Å². The van der Waals surface area contributed by atoms with Gasteiger partial charge in [-0.25, -0.2) is 9.67 Å². The number of thiazole rings is 1. The Labute approximate surface area is 255 Å². The van der Waals surface area contributed by atoms with Crippen LogP contribution < -0.4 is 10.6 Å². The van der Waals surface area contributed by atoms with Gasteiger partial charge in [0.2, 0.25) is 0 Å². The Hall–Kier alpha value is -4.75. The van der Waals surface area contributed by atoms with E-state index in [-0.39, 0.29) is 29.5 Å². The molecule has 13 heteroatoms. The summed E-state index contributed by atoms with van der Waals surface area (Å²) in [7, 11) is 0. The summed E-state index contributed by atoms with van der Waals surface area (Å²) >= 11 is 1.47. The molecule has 1 atom stereocenters. The van der Waals surface area contributed by atoms with E-state index in [0.717, 1.165) is 25.5 Å². The van der Waals surface area contributed by atoms with E-state index in [1.165, 1.54) is 23.7 Å². The zero-order valence-corrected chi connectivity index (χ0v) is 25.2. The van der Waals surface area contributed by atoms with Gasteiger partial charge in [0.25, 0.3) is 0 Å². The number of aryl methyl sites for hydroxylation is 1. The first-order chi connectivity index (χ1) is 20.8. The summed E-state index contributed by atoms with van der Waals surface area (Å²) in [5.74, 6) is 0. The van der Waals surface area contributed by atoms with Crippen LogP contribution in [0.2, 0.25) is 0 Å². The third kappa shape index (κ3) is 5.18. The van der Waals surface area contributed by atoms with Crippen LogP contribution in [0, 0.1) is 35.0 Å². The molecule has 0 radical (unpaired) electrons. The summed E-state index contributed by atoms with van der Waals surface area (Å²) in [4.78, 5) is 9.01. The number of halogens is 3. The summed E-state index contributed by atoms with van der Waals surface area (Å²) in [5.41, 5.74) is 1.72. The van der Waals surface area contributed by atoms with Crippen molar-refractivity contribution in [2.24, 2.45) is 5.41 Å². The molecule has 0 saturated heterocycles. The Kier molecular flexibility index (Phi) is 6.97. The van der Waals surface area contributed by atoms with Gasteiger partial charge in [-0.05, 0) is 48.9 Å². The van der Waals surface area contributed by atoms with E-state index >= 15 is 0 Å². The van der Waals surface area contributed by atoms with E-state index in [1.54, 1.807) is 12.1 Å². The lowest BCUT2D eigenvalue weighted by molar-refractivity contribution is -0.182. The number of benzene rings is 2. The Bertz CT molecular complexity index is 1990. The minimum absolute atomic E-state index is 0.0597. The quantitative estimate of drug-likeness (QED) is 0.197. The van der Waals surface area contributed by atoms with Crippen molar-refractivity contribution >= 4 is 43.8 Å². The van der Waals surface area contributed by atoms with Crippen LogP contribution >= 0.6 is 11.3 Å². The molecule has 3 aromatic heterocycles. The van der Waals surface area contributed by atoms with Crippen LogP contribution in [-0.4, -0.2) is 37.7 Å². The average Bonchev–Trinajstić information content (AvgIpc) is 3.49. The summed E-state index contributed by atoms with van der Waals surface area (Å²) in [6, 6.07) is 12.7. The average molecular weight is 616 g/mol. The molecule has 2 aromatic carbocycles. The molecule has 0 aliphatic heterocycles. The Morgan fingerprint density at radius 1 is 1.11 bits per heavy atom. The van der Waals surface area contributed by atoms with Crippen LogP contribution in [0.25, 0.3) is 21.1 Å². The van der Waals surface area contributed by atoms with Crippen molar-refractivity contribution < 1.29 is 13.2 Å². The van der Waals surface area contributed by atoms with Gasteiger partial charge in [0, 0.05) is 23.8 Å². The smallest absolute Gasteiger partial charge is 0.383 e. The van der Waals surface area contributed by atoms with E-state index in [0.29, 0.717) is 34.4 Å². The van der Waals surface area contributed by atoms with Crippen LogP contribution in [0.5, 0.6) is 0 Å². The summed E-state index contributed by atoms with van der Waals surface area (Å²) < 4.78 is 43.7. The van der Waals surface area contributed by atoms with Gasteiger partial charge in [0.1, 0.15) is 17.8 Å². The molecule has 5 aromatic rings. The summed E-state index contributed by atoms with van der Waals surface area (Å²) in [6.07, 6.45) is -1.78. The molecular weight excluding hydrogens is 587 g/mol. The molecule has 1 saturated carbocycles. The molecule has 1 aliphatic carbocycles. The maximum Gasteiger partial charge on any atom is 0.413 e. The minimum atomic E-state index is -4.46. The molecule has 6 rings (SSSR count). The topological polar surface area (TPSA) is 128 Å². The number of anilines is 2. The number of hydrogen-bond donors (Lipinski definition) is 2. The lowest BCUT2D eigenvalue weighted by atomic mass is 9.96. The molecule has 44 heavy (non-hydrogen) atoms. The summed E-state index contributed by atoms with van der Waals surface area (Å²) in [5, 5.41) is 36.3. The number of alkyl halides is 3. The number of nitrogens with zero attached hydrogens (tertiary/aromatic N) is 7. The Balaban J connectivity index is 1.51. The maximum absolute atomic E-state index is 14.0. The van der Waals surface area contributed by atoms with E-state index in [1.807, 2.05) is 25.1 Å². The number of aromatic nitrogens is 5. The van der Waals surface area contributed by atoms with Crippen molar-refractivity contribution in [2.45, 2.75) is 58.3 Å². The predicted octanol–water partition coefficient (Wildman–Crippen LogP) is 7.20. The lowest BCUT2D eigenvalue weighted by Crippen LogP contribution is -2.35. The lowest BCUT2D eigenvalue weighted by Gasteiger charge is -2.22. The van der Waals surface area contributed by atoms with E-state index < -0.39 is 17.8 Å². The third-order valence-corrected chi connectivity index (χ3v) is 8.71. The zero-order chi connectivity index (χ0) is 31.4. The second-order valence-corrected chi connectivity index (χ2v) is 13.4. The van der Waals surface area contributed by atoms with Crippen LogP contribution in [0.1, 0.15) is 67.0 Å². The van der Waals surface area contributed by atoms with Crippen molar-refractivity contribution in [3.05, 3.63) is 70.1 Å². The fourth-order valence-corrected chi connectivity index (χ4v) is 6.23. The molecule has 2 N–H and O–H groups in total. The number of pyridine rings is 1. The van der Waals surface area contributed by atoms with Crippen molar-refractivity contribution in [1.29, 1.82) is 10.5 Å². The minimum Gasteiger partial charge on any atom is -0.383 e. The Morgan fingerprint density at radius 3 is 2.52 bits per heavy atom. The second-order valence-electron chi connectivity index (χ2n) is 12.2. The van der Waals surface area contributed by atoms with Gasteiger partial charge in [0.15, 0.2) is 5.54 Å². The number of fused-ring (bicyclic) bond motifs is 2. The Morgan fingerprint density at radius 2 is 1.86 bits per heavy atom. The number of rotatable bonds is 7. The van der Waals surface area contributed by atoms with Crippen LogP contribution in [0.3, 0.4) is 0 Å². The zero-order valence-electron chi connectivity index (χ0n) is 24.4. The SMILES string of the molecule is Cc1nc2cccc([C@H](Nc3cc(C#N)c4ncc(C#N)c(NCC(C)(C)C)c4c3)c3cn(C4(C(F)(F)F)CC4)nn3)c2s1. The van der Waals surface area contributed by atoms with Crippen LogP contribution in [0.4, 0.5) is 24.5 Å². The van der Waals surface area contributed by atoms with Gasteiger partial charge in [0.05, 0.1) is 49.8 Å². The van der Waals surface area contributed by atoms with Crippen molar-refractivity contribution in [1.82, 2.24) is 25.0 Å². The first-order valence-electron chi connectivity index (χ1n) is 14.0. The first-order valence-corrected chi connectivity index (χ1v) is 14.8. The number of nitrogens with one attached hydrogen (secondary N) is 2. The highest BCUT2D eigenvalue weighted by Crippen LogP contribution is 2.55. The maximum atomic E-state index is 14.0. The number of nitriles is 2. The monoisotopic (exact) mass is 615 g/mol. The predicted molar refractivity (Wildman–Crippen MR) is 162 cm³/mol. The fraction of sp³-hybridized carbons (Fsp3) is 0.355. The van der Waals surface area contributed by atoms with Crippen molar-refractivity contribution in [2.75, 3.05) is 17.2 Å². The van der Waals surface area contributed by atoms with Gasteiger partial charge < -0.3 is 10.6 Å². The first kappa shape index (κ1) is 29.3. The molecule has 0 bridgehead atoms. The molecule has 9 nitrogen and oxygen atoms in total. The van der Waals surface area contributed by atoms with E-state index in [2.05, 4.69) is 63.8 Å². The number of hydrogen-bond acceptors (Lipinski definition) is 9. The largest absolute Gasteiger partial charge is 0.413 e. The highest BCUT2D eigenvalue weighted by atomic mass is 32.1. The van der Waals surface area contributed by atoms with Gasteiger partial charge in [-0.2, -0.15) is 23.7 Å². The van der Waals surface area contributed by atoms with Crippen LogP contribution in [-0.2, 0) is 5.54 Å². The van der Waals surface area contributed by atoms with Gasteiger partial charge >= 0.3 is 6.18 Å². The van der Waals surface area contributed by atoms with E-state index in [9.17, 15) is 23.7 Å². The third-order valence-electron chi connectivity index (χ3n) is 7.68. The highest BCUT2D eigenvalue weighted by molar-refractivity contribution is 7.18. The second kappa shape index (κ2) is 10.5. The molecule has 3 heterocycles. The van der Waals surface area contributed by atoms with Crippen LogP contribution in [0.15, 0.2) is 42.7 Å². The normalized spacial score (nSPS) is 15.1.